The number of carbonyl (C=O) groups is 4. The molecule has 1 aromatic carbocycles. The number of fused-ring (bicyclic) bond motifs is 1. The minimum Gasteiger partial charge on any atom is -0.467 e. The van der Waals surface area contributed by atoms with Crippen molar-refractivity contribution in [2.24, 2.45) is 11.3 Å². The summed E-state index contributed by atoms with van der Waals surface area (Å²) < 4.78 is 4.99. The van der Waals surface area contributed by atoms with Crippen LogP contribution in [0.25, 0.3) is 10.9 Å². The molecule has 1 saturated heterocycles. The normalized spacial score (nSPS) is 23.9. The third kappa shape index (κ3) is 5.33. The Bertz CT molecular complexity index is 1230. The van der Waals surface area contributed by atoms with Crippen molar-refractivity contribution < 1.29 is 23.9 Å². The predicted octanol–water partition coefficient (Wildman–Crippen LogP) is 4.79. The molecule has 1 aliphatic heterocycles. The first kappa shape index (κ1) is 26.7. The fourth-order valence-corrected chi connectivity index (χ4v) is 7.00. The second-order valence-electron chi connectivity index (χ2n) is 11.3. The number of rotatable bonds is 6. The van der Waals surface area contributed by atoms with Crippen molar-refractivity contribution in [3.63, 3.8) is 0 Å². The molecule has 5 rings (SSSR count). The van der Waals surface area contributed by atoms with Gasteiger partial charge in [-0.1, -0.05) is 49.4 Å². The second kappa shape index (κ2) is 11.1. The number of aromatic amines is 1. The van der Waals surface area contributed by atoms with E-state index in [1.807, 2.05) is 12.1 Å². The minimum atomic E-state index is -0.925. The highest BCUT2D eigenvalue weighted by Gasteiger charge is 2.49. The van der Waals surface area contributed by atoms with Crippen LogP contribution in [0.3, 0.4) is 0 Å². The van der Waals surface area contributed by atoms with Gasteiger partial charge in [0.15, 0.2) is 0 Å². The molecule has 8 nitrogen and oxygen atoms in total. The molecule has 2 N–H and O–H groups in total. The fourth-order valence-electron chi connectivity index (χ4n) is 6.77. The van der Waals surface area contributed by atoms with Crippen LogP contribution in [0.5, 0.6) is 0 Å². The predicted molar refractivity (Wildman–Crippen MR) is 144 cm³/mol. The van der Waals surface area contributed by atoms with Crippen LogP contribution in [0, 0.1) is 11.3 Å². The van der Waals surface area contributed by atoms with Crippen LogP contribution in [0.4, 0.5) is 0 Å². The molecule has 3 atom stereocenters. The van der Waals surface area contributed by atoms with E-state index in [-0.39, 0.29) is 35.4 Å². The molecule has 1 aromatic heterocycles. The highest BCUT2D eigenvalue weighted by atomic mass is 35.5. The smallest absolute Gasteiger partial charge is 0.328 e. The van der Waals surface area contributed by atoms with Crippen molar-refractivity contribution >= 4 is 46.1 Å². The summed E-state index contributed by atoms with van der Waals surface area (Å²) in [5.74, 6) is -1.32. The number of benzene rings is 1. The molecule has 2 aromatic rings. The number of likely N-dealkylation sites (tertiary alicyclic amines) is 1. The third-order valence-corrected chi connectivity index (χ3v) is 9.14. The van der Waals surface area contributed by atoms with Crippen molar-refractivity contribution in [1.82, 2.24) is 15.2 Å². The molecular weight excluding hydrogens is 506 g/mol. The summed E-state index contributed by atoms with van der Waals surface area (Å²) in [6, 6.07) is 5.62. The van der Waals surface area contributed by atoms with Crippen LogP contribution in [0.2, 0.25) is 5.02 Å². The summed E-state index contributed by atoms with van der Waals surface area (Å²) in [7, 11) is 1.29. The summed E-state index contributed by atoms with van der Waals surface area (Å²) in [5.41, 5.74) is 0.962. The van der Waals surface area contributed by atoms with Gasteiger partial charge in [-0.25, -0.2) is 4.79 Å². The number of ether oxygens (including phenoxy) is 1. The topological polar surface area (TPSA) is 109 Å². The SMILES string of the molecule is COC(=O)[C@H](C[C@@H]1CCCCC1=O)NC(=O)C1CC2(CCCCC2)CN1C(=O)c1cc2cccc(Cl)c2[nH]1. The number of hydrogen-bond acceptors (Lipinski definition) is 5. The number of H-pyrrole nitrogens is 1. The van der Waals surface area contributed by atoms with Gasteiger partial charge in [0.2, 0.25) is 5.91 Å². The maximum atomic E-state index is 13.8. The second-order valence-corrected chi connectivity index (χ2v) is 11.7. The molecular formula is C29H36ClN3O5. The number of halogens is 1. The van der Waals surface area contributed by atoms with Crippen molar-refractivity contribution in [3.05, 3.63) is 35.0 Å². The van der Waals surface area contributed by atoms with E-state index in [9.17, 15) is 19.2 Å². The van der Waals surface area contributed by atoms with Crippen molar-refractivity contribution in [2.45, 2.75) is 82.7 Å². The summed E-state index contributed by atoms with van der Waals surface area (Å²) >= 11 is 6.33. The Kier molecular flexibility index (Phi) is 7.80. The molecule has 204 valence electrons. The number of carbonyl (C=O) groups excluding carboxylic acids is 4. The average Bonchev–Trinajstić information content (AvgIpc) is 3.52. The number of aromatic nitrogens is 1. The number of nitrogens with one attached hydrogen (secondary N) is 2. The molecule has 3 fully saturated rings. The van der Waals surface area contributed by atoms with E-state index in [0.717, 1.165) is 50.3 Å². The Balaban J connectivity index is 1.40. The lowest BCUT2D eigenvalue weighted by atomic mass is 9.72. The molecule has 3 aliphatic rings. The Hall–Kier alpha value is -2.87. The Morgan fingerprint density at radius 1 is 1.18 bits per heavy atom. The molecule has 2 aliphatic carbocycles. The van der Waals surface area contributed by atoms with E-state index in [0.29, 0.717) is 42.0 Å². The lowest BCUT2D eigenvalue weighted by Crippen LogP contribution is -2.52. The van der Waals surface area contributed by atoms with Gasteiger partial charge < -0.3 is 19.9 Å². The van der Waals surface area contributed by atoms with Crippen LogP contribution < -0.4 is 5.32 Å². The molecule has 2 heterocycles. The number of methoxy groups -OCH3 is 1. The van der Waals surface area contributed by atoms with Gasteiger partial charge in [-0.15, -0.1) is 0 Å². The van der Waals surface area contributed by atoms with Crippen LogP contribution in [0.15, 0.2) is 24.3 Å². The number of amides is 2. The van der Waals surface area contributed by atoms with Gasteiger partial charge in [0.05, 0.1) is 17.6 Å². The van der Waals surface area contributed by atoms with Crippen LogP contribution >= 0.6 is 11.6 Å². The van der Waals surface area contributed by atoms with E-state index in [2.05, 4.69) is 10.3 Å². The largest absolute Gasteiger partial charge is 0.467 e. The van der Waals surface area contributed by atoms with Gasteiger partial charge in [-0.05, 0) is 56.1 Å². The van der Waals surface area contributed by atoms with E-state index in [1.54, 1.807) is 17.0 Å². The zero-order chi connectivity index (χ0) is 26.9. The molecule has 2 amide bonds. The molecule has 9 heteroatoms. The van der Waals surface area contributed by atoms with Gasteiger partial charge in [0, 0.05) is 24.3 Å². The molecule has 0 radical (unpaired) electrons. The lowest BCUT2D eigenvalue weighted by Gasteiger charge is -2.32. The molecule has 2 saturated carbocycles. The number of hydrogen-bond donors (Lipinski definition) is 2. The Labute approximate surface area is 227 Å². The first-order chi connectivity index (χ1) is 18.3. The monoisotopic (exact) mass is 541 g/mol. The number of para-hydroxylation sites is 1. The van der Waals surface area contributed by atoms with Crippen molar-refractivity contribution in [2.75, 3.05) is 13.7 Å². The highest BCUT2D eigenvalue weighted by molar-refractivity contribution is 6.35. The number of ketones is 1. The summed E-state index contributed by atoms with van der Waals surface area (Å²) in [6.07, 6.45) is 9.05. The lowest BCUT2D eigenvalue weighted by molar-refractivity contribution is -0.146. The standard InChI is InChI=1S/C29H36ClN3O5/c1-38-28(37)22(14-18-8-3-4-11-24(18)34)32-26(35)23-16-29(12-5-2-6-13-29)17-33(23)27(36)21-15-19-9-7-10-20(30)25(19)31-21/h7,9-10,15,18,22-23,31H,2-6,8,11-14,16-17H2,1H3,(H,32,35)/t18-,22-,23?/m0/s1. The quantitative estimate of drug-likeness (QED) is 0.511. The maximum Gasteiger partial charge on any atom is 0.328 e. The molecule has 38 heavy (non-hydrogen) atoms. The van der Waals surface area contributed by atoms with Crippen molar-refractivity contribution in [1.29, 1.82) is 0 Å². The first-order valence-electron chi connectivity index (χ1n) is 13.8. The summed E-state index contributed by atoms with van der Waals surface area (Å²) in [5, 5.41) is 4.24. The molecule has 1 spiro atoms. The van der Waals surface area contributed by atoms with Gasteiger partial charge in [-0.2, -0.15) is 0 Å². The van der Waals surface area contributed by atoms with Crippen LogP contribution in [-0.4, -0.2) is 59.2 Å². The first-order valence-corrected chi connectivity index (χ1v) is 14.2. The summed E-state index contributed by atoms with van der Waals surface area (Å²) in [6.45, 7) is 0.497. The maximum absolute atomic E-state index is 13.8. The zero-order valence-electron chi connectivity index (χ0n) is 21.9. The number of Topliss-reactive ketones (excluding diaryl/α,β-unsaturated/α-hetero) is 1. The molecule has 1 unspecified atom stereocenters. The molecule has 0 bridgehead atoms. The van der Waals surface area contributed by atoms with Crippen molar-refractivity contribution in [3.8, 4) is 0 Å². The Morgan fingerprint density at radius 2 is 1.97 bits per heavy atom. The number of nitrogens with zero attached hydrogens (tertiary/aromatic N) is 1. The summed E-state index contributed by atoms with van der Waals surface area (Å²) in [4.78, 5) is 57.5. The Morgan fingerprint density at radius 3 is 2.68 bits per heavy atom. The highest BCUT2D eigenvalue weighted by Crippen LogP contribution is 2.47. The van der Waals surface area contributed by atoms with Gasteiger partial charge >= 0.3 is 5.97 Å². The van der Waals surface area contributed by atoms with Crippen LogP contribution in [-0.2, 0) is 19.1 Å². The number of esters is 1. The van der Waals surface area contributed by atoms with Gasteiger partial charge in [0.25, 0.3) is 5.91 Å². The minimum absolute atomic E-state index is 0.111. The van der Waals surface area contributed by atoms with E-state index >= 15 is 0 Å². The van der Waals surface area contributed by atoms with E-state index < -0.39 is 18.1 Å². The van der Waals surface area contributed by atoms with E-state index in [4.69, 9.17) is 16.3 Å². The van der Waals surface area contributed by atoms with Gasteiger partial charge in [0.1, 0.15) is 23.6 Å². The third-order valence-electron chi connectivity index (χ3n) is 8.83. The van der Waals surface area contributed by atoms with E-state index in [1.165, 1.54) is 7.11 Å². The zero-order valence-corrected chi connectivity index (χ0v) is 22.6. The van der Waals surface area contributed by atoms with Gasteiger partial charge in [-0.3, -0.25) is 14.4 Å². The van der Waals surface area contributed by atoms with Crippen LogP contribution in [0.1, 0.15) is 81.1 Å². The average molecular weight is 542 g/mol. The fraction of sp³-hybridized carbons (Fsp3) is 0.586.